The van der Waals surface area contributed by atoms with E-state index in [4.69, 9.17) is 22.9 Å². The fraction of sp³-hybridized carbons (Fsp3) is 0.441. The van der Waals surface area contributed by atoms with E-state index in [-0.39, 0.29) is 56.9 Å². The highest BCUT2D eigenvalue weighted by molar-refractivity contribution is 5.95. The van der Waals surface area contributed by atoms with Gasteiger partial charge in [0.15, 0.2) is 5.96 Å². The van der Waals surface area contributed by atoms with E-state index in [2.05, 4.69) is 26.3 Å². The summed E-state index contributed by atoms with van der Waals surface area (Å²) in [5, 5.41) is 20.1. The number of amides is 5. The van der Waals surface area contributed by atoms with Crippen molar-refractivity contribution in [3.05, 3.63) is 71.8 Å². The number of guanidine groups is 1. The molecule has 0 fully saturated rings. The summed E-state index contributed by atoms with van der Waals surface area (Å²) in [5.74, 6) is -5.41. The quantitative estimate of drug-likeness (QED) is 0.0427. The molecule has 0 aliphatic rings. The maximum Gasteiger partial charge on any atom is 0.326 e. The molecule has 0 heterocycles. The summed E-state index contributed by atoms with van der Waals surface area (Å²) in [4.78, 5) is 81.4. The zero-order valence-corrected chi connectivity index (χ0v) is 28.3. The van der Waals surface area contributed by atoms with E-state index in [1.807, 2.05) is 0 Å². The molecule has 272 valence electrons. The largest absolute Gasteiger partial charge is 0.480 e. The molecular formula is C34H49N9O7. The summed E-state index contributed by atoms with van der Waals surface area (Å²) in [7, 11) is 0. The van der Waals surface area contributed by atoms with Gasteiger partial charge in [-0.25, -0.2) is 4.79 Å². The summed E-state index contributed by atoms with van der Waals surface area (Å²) in [6, 6.07) is 11.5. The van der Waals surface area contributed by atoms with E-state index in [0.29, 0.717) is 11.1 Å². The first kappa shape index (κ1) is 40.7. The minimum atomic E-state index is -1.38. The van der Waals surface area contributed by atoms with E-state index in [0.717, 1.165) is 0 Å². The molecule has 2 rings (SSSR count). The Bertz CT molecular complexity index is 1470. The van der Waals surface area contributed by atoms with Crippen LogP contribution in [0.5, 0.6) is 0 Å². The third-order valence-corrected chi connectivity index (χ3v) is 7.72. The molecule has 0 aromatic heterocycles. The zero-order valence-electron chi connectivity index (χ0n) is 28.3. The number of aliphatic imine (C=N–C) groups is 1. The van der Waals surface area contributed by atoms with Crippen LogP contribution in [0, 0.1) is 5.92 Å². The predicted octanol–water partition coefficient (Wildman–Crippen LogP) is -1.20. The molecule has 0 aliphatic heterocycles. The summed E-state index contributed by atoms with van der Waals surface area (Å²) in [5.41, 5.74) is 23.6. The molecule has 0 saturated carbocycles. The minimum absolute atomic E-state index is 0.0116. The molecule has 5 atom stereocenters. The van der Waals surface area contributed by atoms with Gasteiger partial charge in [0.05, 0.1) is 6.04 Å². The number of benzene rings is 2. The van der Waals surface area contributed by atoms with Crippen molar-refractivity contribution in [2.75, 3.05) is 6.54 Å². The van der Waals surface area contributed by atoms with Gasteiger partial charge in [-0.15, -0.1) is 0 Å². The lowest BCUT2D eigenvalue weighted by Crippen LogP contribution is -2.59. The predicted molar refractivity (Wildman–Crippen MR) is 187 cm³/mol. The number of hydrogen-bond acceptors (Lipinski definition) is 8. The topological polar surface area (TPSA) is 287 Å². The van der Waals surface area contributed by atoms with Crippen LogP contribution in [0.3, 0.4) is 0 Å². The fourth-order valence-corrected chi connectivity index (χ4v) is 4.82. The number of carbonyl (C=O) groups excluding carboxylic acids is 5. The first-order valence-electron chi connectivity index (χ1n) is 16.3. The van der Waals surface area contributed by atoms with Crippen molar-refractivity contribution in [1.82, 2.24) is 21.3 Å². The van der Waals surface area contributed by atoms with E-state index in [9.17, 15) is 33.9 Å². The highest BCUT2D eigenvalue weighted by atomic mass is 16.4. The van der Waals surface area contributed by atoms with E-state index < -0.39 is 65.7 Å². The summed E-state index contributed by atoms with van der Waals surface area (Å²) < 4.78 is 0. The van der Waals surface area contributed by atoms with Crippen LogP contribution in [0.25, 0.3) is 0 Å². The number of carboxylic acid groups (broad SMARTS) is 1. The molecule has 0 saturated heterocycles. The maximum atomic E-state index is 13.7. The number of aliphatic carboxylic acids is 1. The molecule has 0 unspecified atom stereocenters. The Morgan fingerprint density at radius 3 is 1.56 bits per heavy atom. The third-order valence-electron chi connectivity index (χ3n) is 7.72. The standard InChI is InChI=1S/C34H49N9O7/c1-20(2)28(36)32(48)42-25(18-21-10-5-3-6-11-21)31(47)41-24(15-16-27(35)44)30(46)40-23(14-9-17-39-34(37)38)29(45)43-26(33(49)50)19-22-12-7-4-8-13-22/h3-8,10-13,20,23-26,28H,9,14-19,36H2,1-2H3,(H2,35,44)(H,40,46)(H,41,47)(H,42,48)(H,43,45)(H,49,50)(H4,37,38,39)/t23-,24-,25-,26-,28-/m0/s1. The summed E-state index contributed by atoms with van der Waals surface area (Å²) in [6.07, 6.45) is -0.303. The summed E-state index contributed by atoms with van der Waals surface area (Å²) in [6.45, 7) is 3.62. The first-order chi connectivity index (χ1) is 23.7. The highest BCUT2D eigenvalue weighted by Gasteiger charge is 2.32. The second-order valence-corrected chi connectivity index (χ2v) is 12.2. The van der Waals surface area contributed by atoms with Crippen LogP contribution in [0.15, 0.2) is 65.7 Å². The van der Waals surface area contributed by atoms with Crippen LogP contribution in [-0.2, 0) is 41.6 Å². The molecule has 13 N–H and O–H groups in total. The molecule has 0 aliphatic carbocycles. The van der Waals surface area contributed by atoms with Gasteiger partial charge in [0.25, 0.3) is 0 Å². The van der Waals surface area contributed by atoms with Crippen molar-refractivity contribution in [2.45, 2.75) is 82.6 Å². The first-order valence-corrected chi connectivity index (χ1v) is 16.3. The summed E-state index contributed by atoms with van der Waals surface area (Å²) >= 11 is 0. The molecule has 5 amide bonds. The Morgan fingerprint density at radius 1 is 0.660 bits per heavy atom. The molecular weight excluding hydrogens is 646 g/mol. The van der Waals surface area contributed by atoms with Crippen LogP contribution in [-0.4, -0.2) is 83.3 Å². The van der Waals surface area contributed by atoms with Gasteiger partial charge < -0.3 is 49.3 Å². The number of nitrogens with one attached hydrogen (secondary N) is 4. The molecule has 50 heavy (non-hydrogen) atoms. The lowest BCUT2D eigenvalue weighted by Gasteiger charge is -2.27. The van der Waals surface area contributed by atoms with E-state index in [1.54, 1.807) is 74.5 Å². The van der Waals surface area contributed by atoms with Crippen molar-refractivity contribution >= 4 is 41.5 Å². The zero-order chi connectivity index (χ0) is 37.2. The number of carbonyl (C=O) groups is 6. The Labute approximate surface area is 291 Å². The van der Waals surface area contributed by atoms with Crippen LogP contribution in [0.2, 0.25) is 0 Å². The Balaban J connectivity index is 2.33. The number of carboxylic acids is 1. The van der Waals surface area contributed by atoms with E-state index >= 15 is 0 Å². The van der Waals surface area contributed by atoms with Crippen molar-refractivity contribution in [3.63, 3.8) is 0 Å². The van der Waals surface area contributed by atoms with Crippen LogP contribution < -0.4 is 44.2 Å². The van der Waals surface area contributed by atoms with Gasteiger partial charge in [0.2, 0.25) is 29.5 Å². The van der Waals surface area contributed by atoms with Crippen molar-refractivity contribution in [1.29, 1.82) is 0 Å². The lowest BCUT2D eigenvalue weighted by atomic mass is 10.0. The van der Waals surface area contributed by atoms with Crippen LogP contribution in [0.4, 0.5) is 0 Å². The van der Waals surface area contributed by atoms with Crippen LogP contribution >= 0.6 is 0 Å². The van der Waals surface area contributed by atoms with Gasteiger partial charge in [-0.3, -0.25) is 29.0 Å². The normalized spacial score (nSPS) is 13.8. The molecule has 0 spiro atoms. The molecule has 2 aromatic carbocycles. The smallest absolute Gasteiger partial charge is 0.326 e. The number of hydrogen-bond donors (Lipinski definition) is 9. The highest BCUT2D eigenvalue weighted by Crippen LogP contribution is 2.10. The van der Waals surface area contributed by atoms with Gasteiger partial charge in [-0.05, 0) is 36.3 Å². The molecule has 16 heteroatoms. The Kier molecular flexibility index (Phi) is 16.9. The maximum absolute atomic E-state index is 13.7. The van der Waals surface area contributed by atoms with E-state index in [1.165, 1.54) is 0 Å². The van der Waals surface area contributed by atoms with Gasteiger partial charge in [0.1, 0.15) is 24.2 Å². The van der Waals surface area contributed by atoms with Gasteiger partial charge in [-0.2, -0.15) is 0 Å². The number of nitrogens with two attached hydrogens (primary N) is 4. The molecule has 0 bridgehead atoms. The monoisotopic (exact) mass is 695 g/mol. The number of primary amides is 1. The lowest BCUT2D eigenvalue weighted by molar-refractivity contribution is -0.142. The van der Waals surface area contributed by atoms with Crippen molar-refractivity contribution < 1.29 is 33.9 Å². The van der Waals surface area contributed by atoms with Crippen LogP contribution in [0.1, 0.15) is 50.7 Å². The van der Waals surface area contributed by atoms with Crippen molar-refractivity contribution in [2.24, 2.45) is 33.8 Å². The van der Waals surface area contributed by atoms with Crippen molar-refractivity contribution in [3.8, 4) is 0 Å². The van der Waals surface area contributed by atoms with Gasteiger partial charge in [0, 0.05) is 25.8 Å². The molecule has 2 aromatic rings. The number of nitrogens with zero attached hydrogens (tertiary/aromatic N) is 1. The molecule has 16 nitrogen and oxygen atoms in total. The average Bonchev–Trinajstić information content (AvgIpc) is 3.07. The Morgan fingerprint density at radius 2 is 1.10 bits per heavy atom. The van der Waals surface area contributed by atoms with Gasteiger partial charge >= 0.3 is 5.97 Å². The Hall–Kier alpha value is -5.51. The minimum Gasteiger partial charge on any atom is -0.480 e. The second kappa shape index (κ2) is 20.8. The fourth-order valence-electron chi connectivity index (χ4n) is 4.82. The second-order valence-electron chi connectivity index (χ2n) is 12.2. The SMILES string of the molecule is CC(C)[C@H](N)C(=O)N[C@@H](Cc1ccccc1)C(=O)N[C@@H](CCC(N)=O)C(=O)N[C@@H](CCCN=C(N)N)C(=O)N[C@@H](Cc1ccccc1)C(=O)O. The van der Waals surface area contributed by atoms with Gasteiger partial charge in [-0.1, -0.05) is 74.5 Å². The number of rotatable bonds is 21. The average molecular weight is 696 g/mol. The molecule has 0 radical (unpaired) electrons. The third kappa shape index (κ3) is 14.7.